The van der Waals surface area contributed by atoms with Gasteiger partial charge >= 0.3 is 5.97 Å². The van der Waals surface area contributed by atoms with Crippen molar-refractivity contribution in [1.29, 1.82) is 0 Å². The Kier molecular flexibility index (Phi) is 4.71. The van der Waals surface area contributed by atoms with Gasteiger partial charge in [-0.2, -0.15) is 0 Å². The van der Waals surface area contributed by atoms with Crippen LogP contribution < -0.4 is 0 Å². The van der Waals surface area contributed by atoms with Crippen molar-refractivity contribution in [1.82, 2.24) is 0 Å². The van der Waals surface area contributed by atoms with Gasteiger partial charge in [0.15, 0.2) is 9.84 Å². The van der Waals surface area contributed by atoms with Crippen molar-refractivity contribution >= 4 is 15.8 Å². The molecule has 2 rings (SSSR count). The number of carbonyl (C=O) groups is 1. The molecular formula is C16H22O4S. The van der Waals surface area contributed by atoms with E-state index in [0.717, 1.165) is 12.8 Å². The summed E-state index contributed by atoms with van der Waals surface area (Å²) in [6.07, 6.45) is 3.76. The fourth-order valence-corrected chi connectivity index (χ4v) is 5.08. The predicted molar refractivity (Wildman–Crippen MR) is 81.4 cm³/mol. The normalized spacial score (nSPS) is 23.0. The molecule has 1 aliphatic rings. The number of aromatic carboxylic acids is 1. The quantitative estimate of drug-likeness (QED) is 0.926. The summed E-state index contributed by atoms with van der Waals surface area (Å²) < 4.78 is 25.7. The molecule has 0 heterocycles. The zero-order valence-electron chi connectivity index (χ0n) is 12.5. The van der Waals surface area contributed by atoms with Gasteiger partial charge in [0.1, 0.15) is 0 Å². The summed E-state index contributed by atoms with van der Waals surface area (Å²) in [5.41, 5.74) is 0.744. The Balaban J connectivity index is 2.43. The molecule has 0 amide bonds. The maximum absolute atomic E-state index is 12.9. The largest absolute Gasteiger partial charge is 0.478 e. The van der Waals surface area contributed by atoms with Crippen LogP contribution in [-0.2, 0) is 16.3 Å². The highest BCUT2D eigenvalue weighted by molar-refractivity contribution is 7.92. The lowest BCUT2D eigenvalue weighted by atomic mass is 9.91. The maximum Gasteiger partial charge on any atom is 0.335 e. The standard InChI is InChI=1S/C16H22O4S/c1-3-12-6-7-13(16(17)18)10-15(12)21(19,20)14-8-4-11(2)5-9-14/h6-7,10-11,14H,3-5,8-9H2,1-2H3,(H,17,18). The minimum atomic E-state index is -3.45. The lowest BCUT2D eigenvalue weighted by molar-refractivity contribution is 0.0696. The summed E-state index contributed by atoms with van der Waals surface area (Å²) in [4.78, 5) is 11.3. The number of hydrogen-bond donors (Lipinski definition) is 1. The van der Waals surface area contributed by atoms with Crippen LogP contribution >= 0.6 is 0 Å². The van der Waals surface area contributed by atoms with Crippen LogP contribution in [0.2, 0.25) is 0 Å². The minimum absolute atomic E-state index is 0.0370. The first-order valence-electron chi connectivity index (χ1n) is 7.46. The van der Waals surface area contributed by atoms with Gasteiger partial charge in [-0.05, 0) is 55.7 Å². The second kappa shape index (κ2) is 6.18. The first-order chi connectivity index (χ1) is 9.86. The van der Waals surface area contributed by atoms with Gasteiger partial charge in [-0.1, -0.05) is 19.9 Å². The third-order valence-electron chi connectivity index (χ3n) is 4.40. The van der Waals surface area contributed by atoms with Crippen molar-refractivity contribution in [3.05, 3.63) is 29.3 Å². The Labute approximate surface area is 126 Å². The van der Waals surface area contributed by atoms with E-state index in [-0.39, 0.29) is 15.7 Å². The van der Waals surface area contributed by atoms with Crippen LogP contribution in [0.5, 0.6) is 0 Å². The monoisotopic (exact) mass is 310 g/mol. The first-order valence-corrected chi connectivity index (χ1v) is 9.01. The van der Waals surface area contributed by atoms with Crippen molar-refractivity contribution in [2.24, 2.45) is 5.92 Å². The highest BCUT2D eigenvalue weighted by atomic mass is 32.2. The molecule has 0 bridgehead atoms. The summed E-state index contributed by atoms with van der Waals surface area (Å²) in [5, 5.41) is 8.72. The maximum atomic E-state index is 12.9. The second-order valence-electron chi connectivity index (χ2n) is 5.91. The molecule has 0 aliphatic heterocycles. The van der Waals surface area contributed by atoms with Gasteiger partial charge < -0.3 is 5.11 Å². The Hall–Kier alpha value is -1.36. The van der Waals surface area contributed by atoms with Crippen molar-refractivity contribution in [2.75, 3.05) is 0 Å². The molecule has 1 saturated carbocycles. The van der Waals surface area contributed by atoms with Gasteiger partial charge in [-0.3, -0.25) is 0 Å². The predicted octanol–water partition coefficient (Wildman–Crippen LogP) is 3.30. The third kappa shape index (κ3) is 3.28. The lowest BCUT2D eigenvalue weighted by Gasteiger charge is -2.26. The number of benzene rings is 1. The first kappa shape index (κ1) is 16.0. The molecule has 1 aromatic carbocycles. The number of carboxylic acid groups (broad SMARTS) is 1. The van der Waals surface area contributed by atoms with Crippen LogP contribution in [0.1, 0.15) is 55.5 Å². The summed E-state index contributed by atoms with van der Waals surface area (Å²) in [6.45, 7) is 4.03. The average molecular weight is 310 g/mol. The second-order valence-corrected chi connectivity index (χ2v) is 8.10. The minimum Gasteiger partial charge on any atom is -0.478 e. The van der Waals surface area contributed by atoms with E-state index in [1.165, 1.54) is 12.1 Å². The summed E-state index contributed by atoms with van der Waals surface area (Å²) in [7, 11) is -3.45. The molecule has 116 valence electrons. The number of aryl methyl sites for hydroxylation is 1. The Morgan fingerprint density at radius 2 is 1.86 bits per heavy atom. The summed E-state index contributed by atoms with van der Waals surface area (Å²) in [6, 6.07) is 4.43. The van der Waals surface area contributed by atoms with E-state index in [1.807, 2.05) is 6.92 Å². The Bertz CT molecular complexity index is 626. The zero-order chi connectivity index (χ0) is 15.6. The summed E-state index contributed by atoms with van der Waals surface area (Å²) >= 11 is 0. The molecule has 0 atom stereocenters. The molecule has 1 fully saturated rings. The van der Waals surface area contributed by atoms with Gasteiger partial charge in [0, 0.05) is 0 Å². The van der Waals surface area contributed by atoms with Crippen LogP contribution in [0.15, 0.2) is 23.1 Å². The van der Waals surface area contributed by atoms with Crippen LogP contribution in [0.25, 0.3) is 0 Å². The van der Waals surface area contributed by atoms with Gasteiger partial charge in [-0.15, -0.1) is 0 Å². The van der Waals surface area contributed by atoms with Gasteiger partial charge in [0.05, 0.1) is 15.7 Å². The average Bonchev–Trinajstić information content (AvgIpc) is 2.46. The molecular weight excluding hydrogens is 288 g/mol. The SMILES string of the molecule is CCc1ccc(C(=O)O)cc1S(=O)(=O)C1CCC(C)CC1. The van der Waals surface area contributed by atoms with E-state index in [9.17, 15) is 13.2 Å². The highest BCUT2D eigenvalue weighted by Gasteiger charge is 2.32. The van der Waals surface area contributed by atoms with Crippen molar-refractivity contribution in [3.8, 4) is 0 Å². The van der Waals surface area contributed by atoms with Crippen LogP contribution in [0, 0.1) is 5.92 Å². The molecule has 0 unspecified atom stereocenters. The number of hydrogen-bond acceptors (Lipinski definition) is 3. The molecule has 21 heavy (non-hydrogen) atoms. The fraction of sp³-hybridized carbons (Fsp3) is 0.562. The molecule has 1 aromatic rings. The van der Waals surface area contributed by atoms with Gasteiger partial charge in [0.2, 0.25) is 0 Å². The lowest BCUT2D eigenvalue weighted by Crippen LogP contribution is -2.27. The van der Waals surface area contributed by atoms with Crippen LogP contribution in [0.4, 0.5) is 0 Å². The Morgan fingerprint density at radius 3 is 2.38 bits per heavy atom. The van der Waals surface area contributed by atoms with E-state index >= 15 is 0 Å². The third-order valence-corrected chi connectivity index (χ3v) is 6.75. The smallest absolute Gasteiger partial charge is 0.335 e. The fourth-order valence-electron chi connectivity index (χ4n) is 2.96. The number of rotatable bonds is 4. The van der Waals surface area contributed by atoms with Crippen LogP contribution in [-0.4, -0.2) is 24.7 Å². The number of sulfone groups is 1. The van der Waals surface area contributed by atoms with E-state index < -0.39 is 15.8 Å². The molecule has 0 radical (unpaired) electrons. The van der Waals surface area contributed by atoms with E-state index in [2.05, 4.69) is 6.92 Å². The molecule has 5 heteroatoms. The zero-order valence-corrected chi connectivity index (χ0v) is 13.3. The van der Waals surface area contributed by atoms with Gasteiger partial charge in [0.25, 0.3) is 0 Å². The van der Waals surface area contributed by atoms with Crippen molar-refractivity contribution in [2.45, 2.75) is 56.1 Å². The molecule has 0 spiro atoms. The molecule has 1 aliphatic carbocycles. The van der Waals surface area contributed by atoms with E-state index in [4.69, 9.17) is 5.11 Å². The van der Waals surface area contributed by atoms with Gasteiger partial charge in [-0.25, -0.2) is 13.2 Å². The van der Waals surface area contributed by atoms with Crippen molar-refractivity contribution in [3.63, 3.8) is 0 Å². The number of carboxylic acids is 1. The van der Waals surface area contributed by atoms with Crippen LogP contribution in [0.3, 0.4) is 0 Å². The molecule has 0 saturated heterocycles. The molecule has 0 aromatic heterocycles. The molecule has 4 nitrogen and oxygen atoms in total. The topological polar surface area (TPSA) is 71.4 Å². The Morgan fingerprint density at radius 1 is 1.24 bits per heavy atom. The van der Waals surface area contributed by atoms with E-state index in [1.54, 1.807) is 6.07 Å². The summed E-state index contributed by atoms with van der Waals surface area (Å²) in [5.74, 6) is -0.515. The van der Waals surface area contributed by atoms with E-state index in [0.29, 0.717) is 30.7 Å². The van der Waals surface area contributed by atoms with Crippen molar-refractivity contribution < 1.29 is 18.3 Å². The highest BCUT2D eigenvalue weighted by Crippen LogP contribution is 2.33. The molecule has 1 N–H and O–H groups in total.